The molecule has 0 radical (unpaired) electrons. The highest BCUT2D eigenvalue weighted by Gasteiger charge is 2.24. The molecule has 3 aromatic carbocycles. The Labute approximate surface area is 218 Å². The lowest BCUT2D eigenvalue weighted by Crippen LogP contribution is -1.97. The lowest BCUT2D eigenvalue weighted by atomic mass is 9.92. The molecule has 172 valence electrons. The number of nitrogens with zero attached hydrogens (tertiary/aromatic N) is 3. The number of aromatic nitrogens is 3. The molecule has 0 unspecified atom stereocenters. The Morgan fingerprint density at radius 1 is 0.800 bits per heavy atom. The second kappa shape index (κ2) is 9.53. The van der Waals surface area contributed by atoms with Gasteiger partial charge in [0, 0.05) is 25.6 Å². The predicted molar refractivity (Wildman–Crippen MR) is 143 cm³/mol. The molecule has 5 aromatic rings. The zero-order valence-electron chi connectivity index (χ0n) is 18.8. The van der Waals surface area contributed by atoms with Crippen molar-refractivity contribution in [3.63, 3.8) is 0 Å². The summed E-state index contributed by atoms with van der Waals surface area (Å²) >= 11 is 6.97. The Morgan fingerprint density at radius 2 is 1.40 bits per heavy atom. The van der Waals surface area contributed by atoms with Crippen LogP contribution in [0.5, 0.6) is 11.5 Å². The lowest BCUT2D eigenvalue weighted by Gasteiger charge is -2.14. The number of halogens is 2. The third-order valence-corrected chi connectivity index (χ3v) is 6.79. The number of hydrogen-bond acceptors (Lipinski definition) is 5. The van der Waals surface area contributed by atoms with Crippen molar-refractivity contribution < 1.29 is 9.47 Å². The summed E-state index contributed by atoms with van der Waals surface area (Å²) in [5, 5.41) is 18.9. The van der Waals surface area contributed by atoms with Gasteiger partial charge in [-0.15, -0.1) is 0 Å². The number of ether oxygens (including phenoxy) is 2. The molecule has 1 N–H and O–H groups in total. The highest BCUT2D eigenvalue weighted by atomic mass is 79.9. The van der Waals surface area contributed by atoms with E-state index in [1.165, 1.54) is 0 Å². The normalized spacial score (nSPS) is 10.8. The highest BCUT2D eigenvalue weighted by Crippen LogP contribution is 2.42. The van der Waals surface area contributed by atoms with Crippen molar-refractivity contribution in [3.8, 4) is 51.2 Å². The van der Waals surface area contributed by atoms with Crippen LogP contribution in [0.4, 0.5) is 0 Å². The number of nitrogens with one attached hydrogen (secondary N) is 1. The van der Waals surface area contributed by atoms with Crippen LogP contribution in [0.1, 0.15) is 5.56 Å². The largest absolute Gasteiger partial charge is 0.493 e. The number of benzene rings is 3. The van der Waals surface area contributed by atoms with Crippen molar-refractivity contribution >= 4 is 42.9 Å². The van der Waals surface area contributed by atoms with Crippen molar-refractivity contribution in [1.82, 2.24) is 15.2 Å². The maximum atomic E-state index is 10.4. The van der Waals surface area contributed by atoms with Crippen LogP contribution in [0.3, 0.4) is 0 Å². The zero-order chi connectivity index (χ0) is 24.5. The first-order valence-corrected chi connectivity index (χ1v) is 12.2. The molecule has 0 saturated heterocycles. The van der Waals surface area contributed by atoms with Crippen LogP contribution < -0.4 is 9.47 Å². The van der Waals surface area contributed by atoms with E-state index in [4.69, 9.17) is 14.5 Å². The number of nitriles is 1. The second-order valence-electron chi connectivity index (χ2n) is 7.70. The van der Waals surface area contributed by atoms with Crippen LogP contribution in [-0.2, 0) is 0 Å². The van der Waals surface area contributed by atoms with Crippen LogP contribution in [0, 0.1) is 11.3 Å². The Morgan fingerprint density at radius 3 is 2.00 bits per heavy atom. The average Bonchev–Trinajstić information content (AvgIpc) is 3.31. The van der Waals surface area contributed by atoms with Crippen LogP contribution in [0.2, 0.25) is 0 Å². The topological polar surface area (TPSA) is 83.8 Å². The third-order valence-electron chi connectivity index (χ3n) is 5.74. The molecule has 0 fully saturated rings. The number of methoxy groups -OCH3 is 2. The van der Waals surface area contributed by atoms with Crippen molar-refractivity contribution in [2.24, 2.45) is 0 Å². The number of H-pyrrole nitrogens is 1. The quantitative estimate of drug-likeness (QED) is 0.231. The first kappa shape index (κ1) is 23.1. The molecule has 35 heavy (non-hydrogen) atoms. The summed E-state index contributed by atoms with van der Waals surface area (Å²) in [7, 11) is 3.18. The minimum atomic E-state index is 0.451. The third kappa shape index (κ3) is 4.18. The molecule has 0 bridgehead atoms. The van der Waals surface area contributed by atoms with Crippen molar-refractivity contribution in [2.75, 3.05) is 14.2 Å². The van der Waals surface area contributed by atoms with Crippen LogP contribution in [0.25, 0.3) is 44.7 Å². The van der Waals surface area contributed by atoms with E-state index in [1.807, 2.05) is 66.7 Å². The summed E-state index contributed by atoms with van der Waals surface area (Å²) in [6, 6.07) is 23.7. The minimum absolute atomic E-state index is 0.451. The van der Waals surface area contributed by atoms with Crippen LogP contribution >= 0.6 is 31.9 Å². The Kier molecular flexibility index (Phi) is 6.29. The van der Waals surface area contributed by atoms with Gasteiger partial charge in [-0.2, -0.15) is 10.4 Å². The maximum Gasteiger partial charge on any atom is 0.182 e. The summed E-state index contributed by atoms with van der Waals surface area (Å²) in [6.07, 6.45) is 0. The number of aromatic amines is 1. The fourth-order valence-corrected chi connectivity index (χ4v) is 4.62. The second-order valence-corrected chi connectivity index (χ2v) is 9.53. The lowest BCUT2D eigenvalue weighted by molar-refractivity contribution is 0.355. The van der Waals surface area contributed by atoms with Gasteiger partial charge >= 0.3 is 0 Å². The summed E-state index contributed by atoms with van der Waals surface area (Å²) in [5.41, 5.74) is 5.58. The molecular weight excluding hydrogens is 572 g/mol. The first-order valence-electron chi connectivity index (χ1n) is 10.6. The molecular formula is C27H18Br2N4O2. The predicted octanol–water partition coefficient (Wildman–Crippen LogP) is 7.37. The molecule has 0 spiro atoms. The maximum absolute atomic E-state index is 10.4. The Bertz CT molecular complexity index is 1590. The summed E-state index contributed by atoms with van der Waals surface area (Å²) in [6.45, 7) is 0. The molecule has 0 amide bonds. The molecule has 0 atom stereocenters. The van der Waals surface area contributed by atoms with E-state index in [0.29, 0.717) is 28.4 Å². The van der Waals surface area contributed by atoms with Gasteiger partial charge in [0.25, 0.3) is 0 Å². The number of hydrogen-bond donors (Lipinski definition) is 1. The molecule has 2 aromatic heterocycles. The van der Waals surface area contributed by atoms with Gasteiger partial charge in [0.2, 0.25) is 0 Å². The Balaban J connectivity index is 1.88. The molecule has 2 heterocycles. The average molecular weight is 590 g/mol. The van der Waals surface area contributed by atoms with E-state index in [1.54, 1.807) is 14.2 Å². The van der Waals surface area contributed by atoms with Crippen molar-refractivity contribution in [1.29, 1.82) is 5.26 Å². The smallest absolute Gasteiger partial charge is 0.182 e. The van der Waals surface area contributed by atoms with Gasteiger partial charge in [-0.05, 0) is 42.0 Å². The fourth-order valence-electron chi connectivity index (χ4n) is 4.09. The monoisotopic (exact) mass is 588 g/mol. The van der Waals surface area contributed by atoms with Crippen molar-refractivity contribution in [3.05, 3.63) is 81.2 Å². The number of pyridine rings is 1. The van der Waals surface area contributed by atoms with E-state index in [-0.39, 0.29) is 0 Å². The van der Waals surface area contributed by atoms with E-state index in [2.05, 4.69) is 48.1 Å². The van der Waals surface area contributed by atoms with Gasteiger partial charge in [-0.25, -0.2) is 4.98 Å². The molecule has 8 heteroatoms. The molecule has 0 aliphatic rings. The SMILES string of the molecule is COc1ccc(-c2c(C#N)c(-c3ccc(Br)cc3)nc3n[nH]c(-c4ccc(Br)cc4)c23)cc1OC. The highest BCUT2D eigenvalue weighted by molar-refractivity contribution is 9.10. The van der Waals surface area contributed by atoms with Gasteiger partial charge in [0.1, 0.15) is 6.07 Å². The van der Waals surface area contributed by atoms with Gasteiger partial charge in [-0.1, -0.05) is 62.2 Å². The standard InChI is InChI=1S/C27H18Br2N4O2/c1-34-21-12-7-17(13-22(21)35-2)23-20(14-30)25(15-3-8-18(28)9-4-15)31-27-24(23)26(32-33-27)16-5-10-19(29)11-6-16/h3-13H,1-2H3,(H,31,32,33). The van der Waals surface area contributed by atoms with E-state index < -0.39 is 0 Å². The van der Waals surface area contributed by atoms with E-state index in [9.17, 15) is 5.26 Å². The van der Waals surface area contributed by atoms with E-state index >= 15 is 0 Å². The van der Waals surface area contributed by atoms with Gasteiger partial charge in [0.05, 0.1) is 36.6 Å². The van der Waals surface area contributed by atoms with E-state index in [0.717, 1.165) is 42.3 Å². The Hall–Kier alpha value is -3.67. The van der Waals surface area contributed by atoms with Crippen LogP contribution in [-0.4, -0.2) is 29.4 Å². The zero-order valence-corrected chi connectivity index (χ0v) is 21.9. The minimum Gasteiger partial charge on any atom is -0.493 e. The summed E-state index contributed by atoms with van der Waals surface area (Å²) in [5.74, 6) is 1.17. The molecule has 0 aliphatic carbocycles. The molecule has 0 aliphatic heterocycles. The van der Waals surface area contributed by atoms with Gasteiger partial charge in [0.15, 0.2) is 17.1 Å². The van der Waals surface area contributed by atoms with Crippen molar-refractivity contribution in [2.45, 2.75) is 0 Å². The number of fused-ring (bicyclic) bond motifs is 1. The fraction of sp³-hybridized carbons (Fsp3) is 0.0741. The summed E-state index contributed by atoms with van der Waals surface area (Å²) < 4.78 is 12.9. The molecule has 5 rings (SSSR count). The molecule has 6 nitrogen and oxygen atoms in total. The summed E-state index contributed by atoms with van der Waals surface area (Å²) in [4.78, 5) is 4.83. The van der Waals surface area contributed by atoms with Crippen LogP contribution in [0.15, 0.2) is 75.7 Å². The van der Waals surface area contributed by atoms with Gasteiger partial charge < -0.3 is 9.47 Å². The molecule has 0 saturated carbocycles. The van der Waals surface area contributed by atoms with Gasteiger partial charge in [-0.3, -0.25) is 5.10 Å². The number of rotatable bonds is 5. The first-order chi connectivity index (χ1) is 17.0.